The lowest BCUT2D eigenvalue weighted by atomic mass is 10.1. The van der Waals surface area contributed by atoms with E-state index in [2.05, 4.69) is 44.5 Å². The van der Waals surface area contributed by atoms with Gasteiger partial charge >= 0.3 is 0 Å². The second-order valence-corrected chi connectivity index (χ2v) is 8.82. The molecule has 1 N–H and O–H groups in total. The van der Waals surface area contributed by atoms with E-state index in [1.807, 2.05) is 37.4 Å². The number of benzene rings is 1. The normalized spacial score (nSPS) is 14.2. The van der Waals surface area contributed by atoms with Gasteiger partial charge in [0.15, 0.2) is 5.78 Å². The van der Waals surface area contributed by atoms with Gasteiger partial charge in [-0.05, 0) is 30.7 Å². The van der Waals surface area contributed by atoms with Crippen molar-refractivity contribution in [3.8, 4) is 0 Å². The second-order valence-electron chi connectivity index (χ2n) is 7.65. The van der Waals surface area contributed by atoms with Gasteiger partial charge in [-0.2, -0.15) is 0 Å². The van der Waals surface area contributed by atoms with E-state index in [0.717, 1.165) is 57.8 Å². The van der Waals surface area contributed by atoms with Crippen molar-refractivity contribution in [2.24, 2.45) is 0 Å². The minimum atomic E-state index is 0.214. The molecule has 5 nitrogen and oxygen atoms in total. The van der Waals surface area contributed by atoms with Gasteiger partial charge in [-0.3, -0.25) is 9.78 Å². The first-order chi connectivity index (χ1) is 15.2. The Balaban J connectivity index is 1.33. The van der Waals surface area contributed by atoms with Crippen LogP contribution in [0.2, 0.25) is 0 Å². The molecule has 5 rings (SSSR count). The molecule has 3 heterocycles. The maximum atomic E-state index is 11.9. The topological polar surface area (TPSA) is 67.8 Å². The Hall–Kier alpha value is -3.38. The zero-order chi connectivity index (χ0) is 21.2. The summed E-state index contributed by atoms with van der Waals surface area (Å²) >= 11 is 1.60. The summed E-state index contributed by atoms with van der Waals surface area (Å²) < 4.78 is 0. The minimum Gasteiger partial charge on any atom is -0.339 e. The lowest BCUT2D eigenvalue weighted by Gasteiger charge is -2.09. The molecule has 154 valence electrons. The molecule has 0 radical (unpaired) electrons. The average molecular weight is 427 g/mol. The van der Waals surface area contributed by atoms with Crippen LogP contribution in [0, 0.1) is 0 Å². The molecule has 6 heteroatoms. The Morgan fingerprint density at radius 2 is 2.03 bits per heavy atom. The van der Waals surface area contributed by atoms with Crippen molar-refractivity contribution in [1.82, 2.24) is 15.0 Å². The van der Waals surface area contributed by atoms with Crippen molar-refractivity contribution in [3.63, 3.8) is 0 Å². The molecule has 0 bridgehead atoms. The number of carbonyl (C=O) groups is 1. The molecule has 0 aliphatic heterocycles. The van der Waals surface area contributed by atoms with E-state index in [9.17, 15) is 4.79 Å². The maximum Gasteiger partial charge on any atom is 0.172 e. The first kappa shape index (κ1) is 19.6. The van der Waals surface area contributed by atoms with E-state index in [4.69, 9.17) is 0 Å². The molecule has 0 unspecified atom stereocenters. The quantitative estimate of drug-likeness (QED) is 0.317. The van der Waals surface area contributed by atoms with Crippen molar-refractivity contribution in [2.75, 3.05) is 5.32 Å². The molecule has 0 amide bonds. The van der Waals surface area contributed by atoms with E-state index >= 15 is 0 Å². The highest BCUT2D eigenvalue weighted by Crippen LogP contribution is 2.31. The highest BCUT2D eigenvalue weighted by Gasteiger charge is 2.21. The molecule has 31 heavy (non-hydrogen) atoms. The molecule has 1 aliphatic carbocycles. The number of rotatable bonds is 6. The molecule has 1 aromatic carbocycles. The summed E-state index contributed by atoms with van der Waals surface area (Å²) in [6, 6.07) is 14.2. The smallest absolute Gasteiger partial charge is 0.172 e. The van der Waals surface area contributed by atoms with Crippen LogP contribution in [-0.4, -0.2) is 20.7 Å². The number of Topliss-reactive ketones (excluding diaryl/α,β-unsaturated/α-hetero) is 1. The molecular formula is C25H22N4OS. The Labute approximate surface area is 184 Å². The number of thiophene rings is 1. The summed E-state index contributed by atoms with van der Waals surface area (Å²) in [5, 5.41) is 4.53. The van der Waals surface area contributed by atoms with Gasteiger partial charge in [0.2, 0.25) is 0 Å². The summed E-state index contributed by atoms with van der Waals surface area (Å²) in [4.78, 5) is 27.5. The Morgan fingerprint density at radius 1 is 1.13 bits per heavy atom. The van der Waals surface area contributed by atoms with Crippen LogP contribution < -0.4 is 5.32 Å². The Kier molecular flexibility index (Phi) is 5.30. The van der Waals surface area contributed by atoms with E-state index in [1.54, 1.807) is 17.7 Å². The molecule has 0 atom stereocenters. The summed E-state index contributed by atoms with van der Waals surface area (Å²) in [5.41, 5.74) is 5.46. The van der Waals surface area contributed by atoms with Crippen molar-refractivity contribution in [3.05, 3.63) is 87.6 Å². The number of hydrogen-bond acceptors (Lipinski definition) is 6. The highest BCUT2D eigenvalue weighted by molar-refractivity contribution is 7.14. The van der Waals surface area contributed by atoms with E-state index in [0.29, 0.717) is 6.42 Å². The fourth-order valence-corrected chi connectivity index (χ4v) is 4.86. The summed E-state index contributed by atoms with van der Waals surface area (Å²) in [6.07, 6.45) is 8.82. The molecule has 0 saturated carbocycles. The molecule has 1 aliphatic rings. The van der Waals surface area contributed by atoms with Gasteiger partial charge in [0.05, 0.1) is 28.0 Å². The van der Waals surface area contributed by atoms with Crippen LogP contribution >= 0.6 is 11.3 Å². The minimum absolute atomic E-state index is 0.214. The largest absolute Gasteiger partial charge is 0.339 e. The third-order valence-electron chi connectivity index (χ3n) is 5.54. The van der Waals surface area contributed by atoms with Crippen molar-refractivity contribution in [1.29, 1.82) is 0 Å². The van der Waals surface area contributed by atoms with Gasteiger partial charge in [0, 0.05) is 35.1 Å². The van der Waals surface area contributed by atoms with Gasteiger partial charge in [-0.25, -0.2) is 9.97 Å². The number of ketones is 1. The third-order valence-corrected chi connectivity index (χ3v) is 6.68. The lowest BCUT2D eigenvalue weighted by molar-refractivity contribution is 0.0992. The fourth-order valence-electron chi connectivity index (χ4n) is 3.88. The van der Waals surface area contributed by atoms with Crippen LogP contribution in [0.15, 0.2) is 66.6 Å². The zero-order valence-electron chi connectivity index (χ0n) is 17.3. The highest BCUT2D eigenvalue weighted by atomic mass is 32.1. The van der Waals surface area contributed by atoms with Crippen molar-refractivity contribution < 1.29 is 4.79 Å². The lowest BCUT2D eigenvalue weighted by Crippen LogP contribution is -2.01. The summed E-state index contributed by atoms with van der Waals surface area (Å²) in [6.45, 7) is 1.90. The SMILES string of the molecule is CCC(=O)c1ccc(CC=C2Cc3ncnc(Nc4cnc5ccccc5c4)c3C2)s1. The Bertz CT molecular complexity index is 1310. The number of hydrogen-bond donors (Lipinski definition) is 1. The fraction of sp³-hybridized carbons (Fsp3) is 0.200. The third kappa shape index (κ3) is 4.11. The number of pyridine rings is 1. The standard InChI is InChI=1S/C25H22N4OS/c1-2-23(30)24-10-9-19(31-24)8-7-16-11-20-22(12-16)27-15-28-25(20)29-18-13-17-5-3-4-6-21(17)26-14-18/h3-7,9-10,13-15H,2,8,11-12H2,1H3,(H,27,28,29). The molecule has 3 aromatic heterocycles. The molecular weight excluding hydrogens is 404 g/mol. The first-order valence-electron chi connectivity index (χ1n) is 10.4. The monoisotopic (exact) mass is 426 g/mol. The number of para-hydroxylation sites is 1. The summed E-state index contributed by atoms with van der Waals surface area (Å²) in [7, 11) is 0. The van der Waals surface area contributed by atoms with Gasteiger partial charge in [0.1, 0.15) is 12.1 Å². The number of anilines is 2. The predicted octanol–water partition coefficient (Wildman–Crippen LogP) is 5.69. The van der Waals surface area contributed by atoms with Gasteiger partial charge in [-0.1, -0.05) is 36.8 Å². The van der Waals surface area contributed by atoms with Crippen molar-refractivity contribution in [2.45, 2.75) is 32.6 Å². The van der Waals surface area contributed by atoms with Crippen molar-refractivity contribution >= 4 is 39.5 Å². The van der Waals surface area contributed by atoms with E-state index < -0.39 is 0 Å². The molecule has 0 saturated heterocycles. The maximum absolute atomic E-state index is 11.9. The number of nitrogens with zero attached hydrogens (tertiary/aromatic N) is 3. The van der Waals surface area contributed by atoms with Crippen LogP contribution in [0.1, 0.15) is 39.2 Å². The van der Waals surface area contributed by atoms with Gasteiger partial charge < -0.3 is 5.32 Å². The van der Waals surface area contributed by atoms with Crippen LogP contribution in [-0.2, 0) is 19.3 Å². The molecule has 0 fully saturated rings. The second kappa shape index (κ2) is 8.40. The Morgan fingerprint density at radius 3 is 2.94 bits per heavy atom. The average Bonchev–Trinajstić information content (AvgIpc) is 3.44. The van der Waals surface area contributed by atoms with Crippen LogP contribution in [0.4, 0.5) is 11.5 Å². The van der Waals surface area contributed by atoms with E-state index in [1.165, 1.54) is 10.5 Å². The number of aromatic nitrogens is 3. The number of nitrogens with one attached hydrogen (secondary N) is 1. The summed E-state index contributed by atoms with van der Waals surface area (Å²) in [5.74, 6) is 1.06. The number of fused-ring (bicyclic) bond motifs is 2. The van der Waals surface area contributed by atoms with Crippen LogP contribution in [0.5, 0.6) is 0 Å². The first-order valence-corrected chi connectivity index (χ1v) is 11.3. The van der Waals surface area contributed by atoms with Crippen LogP contribution in [0.25, 0.3) is 10.9 Å². The zero-order valence-corrected chi connectivity index (χ0v) is 18.1. The molecule has 4 aromatic rings. The predicted molar refractivity (Wildman–Crippen MR) is 125 cm³/mol. The van der Waals surface area contributed by atoms with Gasteiger partial charge in [0.25, 0.3) is 0 Å². The number of allylic oxidation sites excluding steroid dienone is 2. The van der Waals surface area contributed by atoms with E-state index in [-0.39, 0.29) is 5.78 Å². The van der Waals surface area contributed by atoms with Crippen LogP contribution in [0.3, 0.4) is 0 Å². The van der Waals surface area contributed by atoms with Gasteiger partial charge in [-0.15, -0.1) is 11.3 Å². The molecule has 0 spiro atoms. The number of carbonyl (C=O) groups excluding carboxylic acids is 1.